The third-order valence-electron chi connectivity index (χ3n) is 3.66. The summed E-state index contributed by atoms with van der Waals surface area (Å²) in [7, 11) is -1.16. The van der Waals surface area contributed by atoms with Crippen LogP contribution in [0.4, 0.5) is 0 Å². The number of rotatable bonds is 13. The fourth-order valence-corrected chi connectivity index (χ4v) is 3.22. The van der Waals surface area contributed by atoms with Crippen LogP contribution in [-0.2, 0) is 33.3 Å². The van der Waals surface area contributed by atoms with Crippen molar-refractivity contribution in [3.8, 4) is 0 Å². The summed E-state index contributed by atoms with van der Waals surface area (Å²) in [6.45, 7) is 10.8. The van der Waals surface area contributed by atoms with Crippen LogP contribution in [0.1, 0.15) is 26.7 Å². The normalized spacial score (nSPS) is 15.0. The van der Waals surface area contributed by atoms with E-state index < -0.39 is 33.9 Å². The minimum absolute atomic E-state index is 0.0464. The van der Waals surface area contributed by atoms with E-state index in [0.717, 1.165) is 11.8 Å². The molecule has 26 heavy (non-hydrogen) atoms. The second kappa shape index (κ2) is 11.3. The molecular formula is C18H30O7S. The van der Waals surface area contributed by atoms with Gasteiger partial charge in [0.05, 0.1) is 6.26 Å². The van der Waals surface area contributed by atoms with Gasteiger partial charge in [-0.2, -0.15) is 8.42 Å². The van der Waals surface area contributed by atoms with E-state index in [1.807, 2.05) is 13.8 Å². The molecule has 0 amide bonds. The van der Waals surface area contributed by atoms with Gasteiger partial charge in [-0.05, 0) is 26.7 Å². The Balaban J connectivity index is 6.48. The molecular weight excluding hydrogens is 360 g/mol. The average Bonchev–Trinajstić information content (AvgIpc) is 2.54. The maximum absolute atomic E-state index is 13.0. The lowest BCUT2D eigenvalue weighted by Crippen LogP contribution is -2.54. The zero-order valence-electron chi connectivity index (χ0n) is 16.2. The lowest BCUT2D eigenvalue weighted by Gasteiger charge is -2.40. The molecule has 0 radical (unpaired) electrons. The molecule has 0 saturated carbocycles. The highest BCUT2D eigenvalue weighted by atomic mass is 32.2. The van der Waals surface area contributed by atoms with Gasteiger partial charge in [-0.1, -0.05) is 30.4 Å². The number of carbonyl (C=O) groups excluding carboxylic acids is 1. The van der Waals surface area contributed by atoms with Crippen molar-refractivity contribution >= 4 is 16.1 Å². The van der Waals surface area contributed by atoms with Gasteiger partial charge in [0.15, 0.2) is 6.29 Å². The van der Waals surface area contributed by atoms with E-state index in [2.05, 4.69) is 13.2 Å². The summed E-state index contributed by atoms with van der Waals surface area (Å²) in [4.78, 5) is 13.0. The zero-order valence-corrected chi connectivity index (χ0v) is 17.0. The van der Waals surface area contributed by atoms with Gasteiger partial charge in [-0.3, -0.25) is 8.98 Å². The first-order valence-corrected chi connectivity index (χ1v) is 9.86. The Kier molecular flexibility index (Phi) is 10.6. The molecule has 0 aliphatic heterocycles. The van der Waals surface area contributed by atoms with Crippen molar-refractivity contribution in [2.45, 2.75) is 39.1 Å². The van der Waals surface area contributed by atoms with Crippen LogP contribution in [0.2, 0.25) is 0 Å². The van der Waals surface area contributed by atoms with E-state index in [1.54, 1.807) is 6.08 Å². The SMILES string of the molecule is C=CCOC(=O)[C@](CC=C(C)C)(C(OC)OC)[C@@H](CC=C)OS(C)(=O)=O. The molecule has 0 aromatic heterocycles. The van der Waals surface area contributed by atoms with Gasteiger partial charge >= 0.3 is 5.97 Å². The Morgan fingerprint density at radius 1 is 1.15 bits per heavy atom. The molecule has 0 fully saturated rings. The van der Waals surface area contributed by atoms with E-state index in [9.17, 15) is 13.2 Å². The topological polar surface area (TPSA) is 88.1 Å². The number of carbonyl (C=O) groups is 1. The van der Waals surface area contributed by atoms with E-state index in [1.165, 1.54) is 26.4 Å². The zero-order chi connectivity index (χ0) is 20.4. The fourth-order valence-electron chi connectivity index (χ4n) is 2.55. The van der Waals surface area contributed by atoms with Crippen LogP contribution < -0.4 is 0 Å². The summed E-state index contributed by atoms with van der Waals surface area (Å²) < 4.78 is 44.8. The van der Waals surface area contributed by atoms with Gasteiger partial charge in [0.2, 0.25) is 0 Å². The molecule has 0 heterocycles. The van der Waals surface area contributed by atoms with Crippen LogP contribution in [0, 0.1) is 5.41 Å². The smallest absolute Gasteiger partial charge is 0.320 e. The number of ether oxygens (including phenoxy) is 3. The molecule has 0 bridgehead atoms. The van der Waals surface area contributed by atoms with E-state index in [0.29, 0.717) is 0 Å². The Morgan fingerprint density at radius 2 is 1.73 bits per heavy atom. The second-order valence-electron chi connectivity index (χ2n) is 6.03. The van der Waals surface area contributed by atoms with Crippen LogP contribution >= 0.6 is 0 Å². The van der Waals surface area contributed by atoms with Gasteiger partial charge in [0.25, 0.3) is 10.1 Å². The number of esters is 1. The Hall–Kier alpha value is -1.48. The lowest BCUT2D eigenvalue weighted by molar-refractivity contribution is -0.220. The summed E-state index contributed by atoms with van der Waals surface area (Å²) in [6, 6.07) is 0. The molecule has 0 aromatic rings. The summed E-state index contributed by atoms with van der Waals surface area (Å²) in [5, 5.41) is 0. The van der Waals surface area contributed by atoms with Crippen molar-refractivity contribution in [2.24, 2.45) is 5.41 Å². The molecule has 0 rings (SSSR count). The van der Waals surface area contributed by atoms with Crippen molar-refractivity contribution in [2.75, 3.05) is 27.1 Å². The molecule has 7 nitrogen and oxygen atoms in total. The predicted molar refractivity (Wildman–Crippen MR) is 100.0 cm³/mol. The van der Waals surface area contributed by atoms with Gasteiger partial charge in [-0.25, -0.2) is 0 Å². The maximum Gasteiger partial charge on any atom is 0.320 e. The standard InChI is InChI=1S/C18H30O7S/c1-8-10-15(25-26(7,20)21)18(12-11-14(3)4,17(22-5)23-6)16(19)24-13-9-2/h8-9,11,15,17H,1-2,10,12-13H2,3-7H3/t15-,18-/m1/s1. The minimum atomic E-state index is -3.88. The molecule has 0 aliphatic rings. The fraction of sp³-hybridized carbons (Fsp3) is 0.611. The van der Waals surface area contributed by atoms with E-state index >= 15 is 0 Å². The van der Waals surface area contributed by atoms with Crippen LogP contribution in [0.15, 0.2) is 37.0 Å². The van der Waals surface area contributed by atoms with Gasteiger partial charge in [0.1, 0.15) is 18.1 Å². The second-order valence-corrected chi connectivity index (χ2v) is 7.63. The molecule has 0 N–H and O–H groups in total. The highest BCUT2D eigenvalue weighted by molar-refractivity contribution is 7.86. The van der Waals surface area contributed by atoms with Crippen molar-refractivity contribution in [1.82, 2.24) is 0 Å². The molecule has 150 valence electrons. The van der Waals surface area contributed by atoms with Crippen molar-refractivity contribution in [1.29, 1.82) is 0 Å². The van der Waals surface area contributed by atoms with Gasteiger partial charge in [-0.15, -0.1) is 6.58 Å². The van der Waals surface area contributed by atoms with Crippen LogP contribution in [0.3, 0.4) is 0 Å². The molecule has 0 aliphatic carbocycles. The quantitative estimate of drug-likeness (QED) is 0.207. The first-order valence-electron chi connectivity index (χ1n) is 8.05. The Labute approximate surface area is 156 Å². The molecule has 0 spiro atoms. The first-order chi connectivity index (χ1) is 12.1. The maximum atomic E-state index is 13.0. The predicted octanol–water partition coefficient (Wildman–Crippen LogP) is 2.60. The monoisotopic (exact) mass is 390 g/mol. The van der Waals surface area contributed by atoms with Crippen LogP contribution in [0.25, 0.3) is 0 Å². The molecule has 0 aromatic carbocycles. The van der Waals surface area contributed by atoms with Gasteiger partial charge in [0, 0.05) is 14.2 Å². The van der Waals surface area contributed by atoms with Crippen LogP contribution in [0.5, 0.6) is 0 Å². The summed E-state index contributed by atoms with van der Waals surface area (Å²) in [6.07, 6.45) is 3.49. The molecule has 8 heteroatoms. The first kappa shape index (κ1) is 24.5. The molecule has 0 saturated heterocycles. The van der Waals surface area contributed by atoms with E-state index in [-0.39, 0.29) is 19.4 Å². The molecule has 2 atom stereocenters. The third kappa shape index (κ3) is 7.03. The van der Waals surface area contributed by atoms with Crippen molar-refractivity contribution in [3.63, 3.8) is 0 Å². The van der Waals surface area contributed by atoms with Crippen molar-refractivity contribution in [3.05, 3.63) is 37.0 Å². The highest BCUT2D eigenvalue weighted by Crippen LogP contribution is 2.40. The summed E-state index contributed by atoms with van der Waals surface area (Å²) in [5.74, 6) is -0.709. The number of hydrogen-bond acceptors (Lipinski definition) is 7. The molecule has 0 unspecified atom stereocenters. The number of allylic oxidation sites excluding steroid dienone is 2. The summed E-state index contributed by atoms with van der Waals surface area (Å²) in [5.41, 5.74) is -0.644. The highest BCUT2D eigenvalue weighted by Gasteiger charge is 2.55. The Bertz CT molecular complexity index is 601. The largest absolute Gasteiger partial charge is 0.461 e. The van der Waals surface area contributed by atoms with Crippen LogP contribution in [-0.4, -0.2) is 53.9 Å². The number of hydrogen-bond donors (Lipinski definition) is 0. The third-order valence-corrected chi connectivity index (χ3v) is 4.24. The number of methoxy groups -OCH3 is 2. The Morgan fingerprint density at radius 3 is 2.12 bits per heavy atom. The lowest BCUT2D eigenvalue weighted by atomic mass is 9.76. The van der Waals surface area contributed by atoms with Crippen molar-refractivity contribution < 1.29 is 31.6 Å². The van der Waals surface area contributed by atoms with E-state index in [4.69, 9.17) is 18.4 Å². The van der Waals surface area contributed by atoms with Gasteiger partial charge < -0.3 is 14.2 Å². The summed E-state index contributed by atoms with van der Waals surface area (Å²) >= 11 is 0. The minimum Gasteiger partial charge on any atom is -0.461 e. The average molecular weight is 390 g/mol.